The largest absolute Gasteiger partial charge is 0.445 e. The fourth-order valence-corrected chi connectivity index (χ4v) is 2.25. The number of aromatic amines is 1. The first-order valence-corrected chi connectivity index (χ1v) is 6.00. The summed E-state index contributed by atoms with van der Waals surface area (Å²) in [6.45, 7) is 0. The minimum atomic E-state index is -0.408. The highest BCUT2D eigenvalue weighted by Crippen LogP contribution is 2.35. The second-order valence-corrected chi connectivity index (χ2v) is 4.79. The molecule has 1 aromatic rings. The molecule has 1 aliphatic carbocycles. The number of amides is 1. The summed E-state index contributed by atoms with van der Waals surface area (Å²) in [5.41, 5.74) is 9.15. The third kappa shape index (κ3) is 3.13. The molecule has 2 atom stereocenters. The van der Waals surface area contributed by atoms with Crippen LogP contribution in [-0.4, -0.2) is 41.5 Å². The standard InChI is InChI=1S/C11H19N5O2/c1-16(2)15-11(17)18-8-4-3-7(5-8)9-6-10(12)14-13-9/h6-8H,3-5H2,1-2H3,(H,15,17)(H3,12,13,14)/t7-,8+/m0/s1. The Bertz CT molecular complexity index is 417. The summed E-state index contributed by atoms with van der Waals surface area (Å²) in [6.07, 6.45) is 2.20. The molecule has 100 valence electrons. The van der Waals surface area contributed by atoms with E-state index in [0.717, 1.165) is 25.0 Å². The van der Waals surface area contributed by atoms with Crippen molar-refractivity contribution in [2.45, 2.75) is 31.3 Å². The summed E-state index contributed by atoms with van der Waals surface area (Å²) < 4.78 is 5.32. The number of H-pyrrole nitrogens is 1. The Labute approximate surface area is 106 Å². The van der Waals surface area contributed by atoms with Gasteiger partial charge in [0.15, 0.2) is 0 Å². The first-order chi connectivity index (χ1) is 8.54. The summed E-state index contributed by atoms with van der Waals surface area (Å²) in [7, 11) is 3.48. The molecule has 7 nitrogen and oxygen atoms in total. The SMILES string of the molecule is CN(C)NC(=O)O[C@@H]1CC[C@H](c2cc(N)n[nH]2)C1. The number of nitrogens with zero attached hydrogens (tertiary/aromatic N) is 2. The second kappa shape index (κ2) is 5.26. The predicted octanol–water partition coefficient (Wildman–Crippen LogP) is 0.831. The van der Waals surface area contributed by atoms with Crippen LogP contribution < -0.4 is 11.2 Å². The van der Waals surface area contributed by atoms with Crippen LogP contribution in [0.1, 0.15) is 30.9 Å². The van der Waals surface area contributed by atoms with Crippen LogP contribution in [0.4, 0.5) is 10.6 Å². The van der Waals surface area contributed by atoms with Crippen molar-refractivity contribution in [2.75, 3.05) is 19.8 Å². The number of nitrogens with one attached hydrogen (secondary N) is 2. The zero-order valence-electron chi connectivity index (χ0n) is 10.6. The lowest BCUT2D eigenvalue weighted by atomic mass is 10.0. The monoisotopic (exact) mass is 253 g/mol. The molecule has 0 saturated heterocycles. The number of nitrogen functional groups attached to an aromatic ring is 1. The van der Waals surface area contributed by atoms with E-state index in [2.05, 4.69) is 15.6 Å². The van der Waals surface area contributed by atoms with Gasteiger partial charge in [-0.05, 0) is 19.3 Å². The highest BCUT2D eigenvalue weighted by Gasteiger charge is 2.29. The van der Waals surface area contributed by atoms with E-state index >= 15 is 0 Å². The number of aromatic nitrogens is 2. The summed E-state index contributed by atoms with van der Waals surface area (Å²) in [6, 6.07) is 1.84. The molecule has 1 saturated carbocycles. The maximum Gasteiger partial charge on any atom is 0.422 e. The van der Waals surface area contributed by atoms with Crippen molar-refractivity contribution in [3.8, 4) is 0 Å². The Morgan fingerprint density at radius 2 is 2.39 bits per heavy atom. The number of carbonyl (C=O) groups is 1. The number of nitrogens with two attached hydrogens (primary N) is 1. The van der Waals surface area contributed by atoms with Gasteiger partial charge in [-0.15, -0.1) is 0 Å². The van der Waals surface area contributed by atoms with Crippen LogP contribution in [0.2, 0.25) is 0 Å². The van der Waals surface area contributed by atoms with Crippen LogP contribution in [0.5, 0.6) is 0 Å². The summed E-state index contributed by atoms with van der Waals surface area (Å²) in [5.74, 6) is 0.840. The lowest BCUT2D eigenvalue weighted by molar-refractivity contribution is 0.0823. The van der Waals surface area contributed by atoms with Crippen molar-refractivity contribution in [1.82, 2.24) is 20.6 Å². The van der Waals surface area contributed by atoms with E-state index in [4.69, 9.17) is 10.5 Å². The molecule has 1 amide bonds. The fraction of sp³-hybridized carbons (Fsp3) is 0.636. The minimum Gasteiger partial charge on any atom is -0.445 e. The van der Waals surface area contributed by atoms with E-state index in [0.29, 0.717) is 11.7 Å². The summed E-state index contributed by atoms with van der Waals surface area (Å²) in [5, 5.41) is 8.39. The van der Waals surface area contributed by atoms with Crippen LogP contribution in [-0.2, 0) is 4.74 Å². The highest BCUT2D eigenvalue weighted by molar-refractivity contribution is 5.66. The van der Waals surface area contributed by atoms with Gasteiger partial charge in [0.2, 0.25) is 0 Å². The molecule has 1 aromatic heterocycles. The molecule has 0 bridgehead atoms. The maximum atomic E-state index is 11.4. The van der Waals surface area contributed by atoms with Crippen molar-refractivity contribution in [1.29, 1.82) is 0 Å². The van der Waals surface area contributed by atoms with Gasteiger partial charge in [-0.25, -0.2) is 9.80 Å². The van der Waals surface area contributed by atoms with E-state index < -0.39 is 6.09 Å². The molecule has 0 aromatic carbocycles. The molecule has 2 rings (SSSR count). The van der Waals surface area contributed by atoms with Crippen LogP contribution in [0, 0.1) is 0 Å². The fourth-order valence-electron chi connectivity index (χ4n) is 2.25. The Kier molecular flexibility index (Phi) is 3.71. The number of carbonyl (C=O) groups excluding carboxylic acids is 1. The molecule has 4 N–H and O–H groups in total. The van der Waals surface area contributed by atoms with Crippen LogP contribution in [0.15, 0.2) is 6.07 Å². The lowest BCUT2D eigenvalue weighted by Gasteiger charge is -2.16. The van der Waals surface area contributed by atoms with Crippen molar-refractivity contribution in [2.24, 2.45) is 0 Å². The minimum absolute atomic E-state index is 0.0422. The van der Waals surface area contributed by atoms with E-state index in [1.807, 2.05) is 6.07 Å². The number of hydrogen-bond donors (Lipinski definition) is 3. The van der Waals surface area contributed by atoms with Gasteiger partial charge in [0.1, 0.15) is 11.9 Å². The number of anilines is 1. The van der Waals surface area contributed by atoms with E-state index in [1.165, 1.54) is 0 Å². The lowest BCUT2D eigenvalue weighted by Crippen LogP contribution is -2.38. The zero-order chi connectivity index (χ0) is 13.1. The van der Waals surface area contributed by atoms with E-state index in [9.17, 15) is 4.79 Å². The van der Waals surface area contributed by atoms with Gasteiger partial charge in [-0.3, -0.25) is 10.5 Å². The molecule has 1 aliphatic rings. The molecular formula is C11H19N5O2. The third-order valence-corrected chi connectivity index (χ3v) is 3.03. The van der Waals surface area contributed by atoms with Gasteiger partial charge in [0.05, 0.1) is 0 Å². The van der Waals surface area contributed by atoms with Gasteiger partial charge in [-0.1, -0.05) is 0 Å². The Morgan fingerprint density at radius 1 is 1.61 bits per heavy atom. The quantitative estimate of drug-likeness (QED) is 0.693. The first-order valence-electron chi connectivity index (χ1n) is 6.00. The van der Waals surface area contributed by atoms with Crippen LogP contribution in [0.25, 0.3) is 0 Å². The third-order valence-electron chi connectivity index (χ3n) is 3.03. The molecule has 0 spiro atoms. The molecule has 7 heteroatoms. The topological polar surface area (TPSA) is 96.3 Å². The number of rotatable bonds is 3. The van der Waals surface area contributed by atoms with Crippen LogP contribution in [0.3, 0.4) is 0 Å². The van der Waals surface area contributed by atoms with Gasteiger partial charge < -0.3 is 10.5 Å². The second-order valence-electron chi connectivity index (χ2n) is 4.79. The molecule has 1 fully saturated rings. The first kappa shape index (κ1) is 12.7. The number of ether oxygens (including phenoxy) is 1. The smallest absolute Gasteiger partial charge is 0.422 e. The normalized spacial score (nSPS) is 23.3. The van der Waals surface area contributed by atoms with Crippen molar-refractivity contribution >= 4 is 11.9 Å². The molecule has 1 heterocycles. The Hall–Kier alpha value is -1.76. The van der Waals surface area contributed by atoms with Crippen molar-refractivity contribution < 1.29 is 9.53 Å². The maximum absolute atomic E-state index is 11.4. The van der Waals surface area contributed by atoms with Gasteiger partial charge in [0.25, 0.3) is 0 Å². The van der Waals surface area contributed by atoms with E-state index in [1.54, 1.807) is 19.1 Å². The zero-order valence-corrected chi connectivity index (χ0v) is 10.6. The summed E-state index contributed by atoms with van der Waals surface area (Å²) in [4.78, 5) is 11.4. The molecule has 0 aliphatic heterocycles. The average Bonchev–Trinajstić information content (AvgIpc) is 2.85. The highest BCUT2D eigenvalue weighted by atomic mass is 16.6. The molecular weight excluding hydrogens is 234 g/mol. The van der Waals surface area contributed by atoms with Gasteiger partial charge >= 0.3 is 6.09 Å². The van der Waals surface area contributed by atoms with Crippen LogP contribution >= 0.6 is 0 Å². The van der Waals surface area contributed by atoms with Crippen molar-refractivity contribution in [3.05, 3.63) is 11.8 Å². The number of hydrogen-bond acceptors (Lipinski definition) is 5. The van der Waals surface area contributed by atoms with Crippen molar-refractivity contribution in [3.63, 3.8) is 0 Å². The predicted molar refractivity (Wildman–Crippen MR) is 66.7 cm³/mol. The molecule has 0 radical (unpaired) electrons. The molecule has 18 heavy (non-hydrogen) atoms. The van der Waals surface area contributed by atoms with Gasteiger partial charge in [0, 0.05) is 31.8 Å². The Morgan fingerprint density at radius 3 is 3.00 bits per heavy atom. The number of hydrazine groups is 1. The van der Waals surface area contributed by atoms with E-state index in [-0.39, 0.29) is 6.10 Å². The Balaban J connectivity index is 1.83. The molecule has 0 unspecified atom stereocenters. The average molecular weight is 253 g/mol. The van der Waals surface area contributed by atoms with Gasteiger partial charge in [-0.2, -0.15) is 5.10 Å². The summed E-state index contributed by atoms with van der Waals surface area (Å²) >= 11 is 0.